The van der Waals surface area contributed by atoms with Crippen LogP contribution in [0, 0.1) is 0 Å². The minimum absolute atomic E-state index is 0. The molecule has 1 aromatic carbocycles. The summed E-state index contributed by atoms with van der Waals surface area (Å²) in [7, 11) is -1.72. The zero-order valence-corrected chi connectivity index (χ0v) is 20.5. The van der Waals surface area contributed by atoms with Crippen LogP contribution < -0.4 is 24.8 Å². The first-order valence-electron chi connectivity index (χ1n) is 8.83. The van der Waals surface area contributed by atoms with Gasteiger partial charge in [0.25, 0.3) is 0 Å². The smallest absolute Gasteiger partial charge is 1.00 e. The van der Waals surface area contributed by atoms with Crippen LogP contribution in [0.2, 0.25) is 13.1 Å². The zero-order chi connectivity index (χ0) is 18.4. The molecule has 0 N–H and O–H groups in total. The molecule has 1 aliphatic rings. The van der Waals surface area contributed by atoms with Crippen LogP contribution in [0.25, 0.3) is 10.9 Å². The Hall–Kier alpha value is -0.821. The van der Waals surface area contributed by atoms with E-state index in [2.05, 4.69) is 93.1 Å². The summed E-state index contributed by atoms with van der Waals surface area (Å²) in [4.78, 5) is 4.75. The quantitative estimate of drug-likeness (QED) is 0.595. The third-order valence-corrected chi connectivity index (χ3v) is 10.3. The second-order valence-corrected chi connectivity index (χ2v) is 12.8. The summed E-state index contributed by atoms with van der Waals surface area (Å²) >= 11 is 3.63. The Kier molecular flexibility index (Phi) is 7.79. The van der Waals surface area contributed by atoms with E-state index in [0.29, 0.717) is 0 Å². The van der Waals surface area contributed by atoms with E-state index in [1.807, 2.05) is 12.3 Å². The van der Waals surface area contributed by atoms with Gasteiger partial charge in [-0.3, -0.25) is 0 Å². The normalized spacial score (nSPS) is 20.2. The maximum Gasteiger partial charge on any atom is -1.00 e. The number of hydrogen-bond donors (Lipinski definition) is 0. The van der Waals surface area contributed by atoms with Crippen molar-refractivity contribution in [3.8, 4) is 0 Å². The van der Waals surface area contributed by atoms with E-state index < -0.39 is 8.07 Å². The molecule has 1 aromatic heterocycles. The topological polar surface area (TPSA) is 12.9 Å². The van der Waals surface area contributed by atoms with Crippen molar-refractivity contribution in [1.29, 1.82) is 0 Å². The molecule has 0 radical (unpaired) electrons. The van der Waals surface area contributed by atoms with E-state index in [0.717, 1.165) is 5.52 Å². The van der Waals surface area contributed by atoms with Gasteiger partial charge in [0.05, 0.1) is 0 Å². The van der Waals surface area contributed by atoms with Crippen molar-refractivity contribution >= 4 is 19.0 Å². The maximum absolute atomic E-state index is 4.75. The van der Waals surface area contributed by atoms with Gasteiger partial charge < -0.3 is 24.8 Å². The number of rotatable bonds is 3. The fourth-order valence-corrected chi connectivity index (χ4v) is 9.70. The first-order valence-corrected chi connectivity index (χ1v) is 12.5. The minimum Gasteiger partial charge on any atom is -1.00 e. The first kappa shape index (κ1) is 24.2. The van der Waals surface area contributed by atoms with Gasteiger partial charge in [0, 0.05) is 0 Å². The monoisotopic (exact) mass is 454 g/mol. The zero-order valence-electron chi connectivity index (χ0n) is 16.7. The van der Waals surface area contributed by atoms with Crippen molar-refractivity contribution in [3.63, 3.8) is 0 Å². The van der Waals surface area contributed by atoms with Gasteiger partial charge in [-0.25, -0.2) is 0 Å². The number of nitrogens with zero attached hydrogens (tertiary/aromatic N) is 1. The fourth-order valence-electron chi connectivity index (χ4n) is 4.35. The van der Waals surface area contributed by atoms with Crippen LogP contribution in [0.3, 0.4) is 0 Å². The predicted molar refractivity (Wildman–Crippen MR) is 107 cm³/mol. The van der Waals surface area contributed by atoms with E-state index in [1.165, 1.54) is 27.7 Å². The molecule has 0 aliphatic heterocycles. The van der Waals surface area contributed by atoms with Gasteiger partial charge in [0.2, 0.25) is 0 Å². The van der Waals surface area contributed by atoms with Gasteiger partial charge in [-0.05, 0) is 0 Å². The van der Waals surface area contributed by atoms with Crippen LogP contribution in [0.1, 0.15) is 33.3 Å². The van der Waals surface area contributed by atoms with Gasteiger partial charge in [-0.2, -0.15) is 0 Å². The molecule has 0 fully saturated rings. The summed E-state index contributed by atoms with van der Waals surface area (Å²) in [6.07, 6.45) is 4.12. The Balaban J connectivity index is 0.00000182. The average Bonchev–Trinajstić information content (AvgIpc) is 2.76. The number of para-hydroxylation sites is 1. The molecule has 0 saturated heterocycles. The van der Waals surface area contributed by atoms with Crippen LogP contribution >= 0.6 is 0 Å². The molecule has 0 bridgehead atoms. The van der Waals surface area contributed by atoms with Crippen LogP contribution in [-0.2, 0) is 20.6 Å². The van der Waals surface area contributed by atoms with E-state index in [1.54, 1.807) is 5.20 Å². The predicted octanol–water partition coefficient (Wildman–Crippen LogP) is 0.0143. The fraction of sp³-hybridized carbons (Fsp3) is 0.318. The summed E-state index contributed by atoms with van der Waals surface area (Å²) < 4.78 is -0.197. The van der Waals surface area contributed by atoms with Crippen LogP contribution in [0.15, 0.2) is 70.2 Å². The second kappa shape index (κ2) is 8.68. The van der Waals surface area contributed by atoms with Gasteiger partial charge in [0.1, 0.15) is 0 Å². The molecule has 3 rings (SSSR count). The van der Waals surface area contributed by atoms with Crippen LogP contribution in [0.4, 0.5) is 0 Å². The molecule has 5 heteroatoms. The Labute approximate surface area is 185 Å². The second-order valence-electron chi connectivity index (χ2n) is 7.53. The molecule has 0 saturated carbocycles. The van der Waals surface area contributed by atoms with Crippen LogP contribution in [0.5, 0.6) is 0 Å². The number of allylic oxidation sites excluding steroid dienone is 5. The summed E-state index contributed by atoms with van der Waals surface area (Å²) in [5.41, 5.74) is 9.14. The van der Waals surface area contributed by atoms with E-state index in [9.17, 15) is 0 Å². The molecule has 2 aromatic rings. The number of pyridine rings is 1. The first-order chi connectivity index (χ1) is 11.7. The van der Waals surface area contributed by atoms with Crippen molar-refractivity contribution in [3.05, 3.63) is 75.8 Å². The Morgan fingerprint density at radius 3 is 2.26 bits per heavy atom. The molecular weight excluding hydrogens is 429 g/mol. The SMILES string of the molecule is CC=C[Si](C)(C)C1=C(C)C(C)=C(C)[C]1([Cr+2])c1cccc2cccnc12.[Cl-].[Cl-]. The Morgan fingerprint density at radius 1 is 1.00 bits per heavy atom. The van der Waals surface area contributed by atoms with Gasteiger partial charge >= 0.3 is 161 Å². The minimum atomic E-state index is -1.72. The van der Waals surface area contributed by atoms with Gasteiger partial charge in [-0.1, -0.05) is 0 Å². The summed E-state index contributed by atoms with van der Waals surface area (Å²) in [6, 6.07) is 10.7. The summed E-state index contributed by atoms with van der Waals surface area (Å²) in [5.74, 6) is 0. The number of benzene rings is 1. The molecule has 1 unspecified atom stereocenters. The molecule has 0 spiro atoms. The van der Waals surface area contributed by atoms with Gasteiger partial charge in [0.15, 0.2) is 0 Å². The van der Waals surface area contributed by atoms with E-state index in [4.69, 9.17) is 4.98 Å². The van der Waals surface area contributed by atoms with Crippen molar-refractivity contribution in [1.82, 2.24) is 4.98 Å². The molecule has 1 nitrogen and oxygen atoms in total. The molecular formula is C22H26Cl2CrNSi. The molecule has 1 heterocycles. The van der Waals surface area contributed by atoms with Crippen LogP contribution in [-0.4, -0.2) is 13.1 Å². The third kappa shape index (κ3) is 3.74. The molecule has 0 amide bonds. The van der Waals surface area contributed by atoms with E-state index in [-0.39, 0.29) is 29.1 Å². The molecule has 1 atom stereocenters. The number of halogens is 2. The Bertz CT molecular complexity index is 941. The number of fused-ring (bicyclic) bond motifs is 1. The van der Waals surface area contributed by atoms with E-state index >= 15 is 0 Å². The standard InChI is InChI=1S/C22H26NSi.2ClH.Cr/c1-7-14-24(5,6)22-17(4)15(2)16(3)20(22)19-12-8-10-18-11-9-13-23-21(18)19;;;/h7-14H,1-6H3;2*1H;/q;;;+2/p-2. The summed E-state index contributed by atoms with van der Waals surface area (Å²) in [5, 5.41) is 2.78. The average molecular weight is 455 g/mol. The van der Waals surface area contributed by atoms with Gasteiger partial charge in [-0.15, -0.1) is 0 Å². The molecule has 27 heavy (non-hydrogen) atoms. The summed E-state index contributed by atoms with van der Waals surface area (Å²) in [6.45, 7) is 13.9. The van der Waals surface area contributed by atoms with Crippen molar-refractivity contribution in [2.24, 2.45) is 0 Å². The van der Waals surface area contributed by atoms with Crippen molar-refractivity contribution in [2.75, 3.05) is 0 Å². The molecule has 143 valence electrons. The largest absolute Gasteiger partial charge is 1.00 e. The third-order valence-electron chi connectivity index (χ3n) is 5.62. The number of aromatic nitrogens is 1. The van der Waals surface area contributed by atoms with Crippen molar-refractivity contribution in [2.45, 2.75) is 45.1 Å². The number of hydrogen-bond acceptors (Lipinski definition) is 1. The van der Waals surface area contributed by atoms with Crippen molar-refractivity contribution < 1.29 is 41.1 Å². The maximum atomic E-state index is 4.75. The molecule has 1 aliphatic carbocycles. The Morgan fingerprint density at radius 2 is 1.63 bits per heavy atom.